The Balaban J connectivity index is 2.21. The number of hydrogen-bond donors (Lipinski definition) is 2. The Labute approximate surface area is 146 Å². The highest BCUT2D eigenvalue weighted by atomic mass is 16.5. The number of carbonyl (C=O) groups excluding carboxylic acids is 4. The molecule has 8 heteroatoms. The third-order valence-electron chi connectivity index (χ3n) is 4.42. The zero-order valence-electron chi connectivity index (χ0n) is 14.4. The number of ketones is 2. The van der Waals surface area contributed by atoms with Gasteiger partial charge in [0.1, 0.15) is 5.78 Å². The third kappa shape index (κ3) is 7.91. The van der Waals surface area contributed by atoms with Crippen LogP contribution in [0.4, 0.5) is 0 Å². The van der Waals surface area contributed by atoms with E-state index in [9.17, 15) is 24.0 Å². The first-order valence-electron chi connectivity index (χ1n) is 8.44. The molecule has 0 spiro atoms. The molecule has 1 saturated carbocycles. The van der Waals surface area contributed by atoms with Gasteiger partial charge in [-0.2, -0.15) is 0 Å². The molecule has 0 radical (unpaired) electrons. The van der Waals surface area contributed by atoms with Crippen LogP contribution in [0, 0.1) is 11.8 Å². The van der Waals surface area contributed by atoms with E-state index in [-0.39, 0.29) is 61.6 Å². The van der Waals surface area contributed by atoms with Crippen molar-refractivity contribution in [2.45, 2.75) is 51.4 Å². The lowest BCUT2D eigenvalue weighted by Gasteiger charge is -2.25. The number of amides is 1. The SMILES string of the molecule is COC(=O)C1CCC(C(=O)CCC(=O)NCC(=O)CCC(=O)O)CC1. The quantitative estimate of drug-likeness (QED) is 0.557. The fraction of sp³-hybridized carbons (Fsp3) is 0.706. The molecule has 140 valence electrons. The predicted molar refractivity (Wildman–Crippen MR) is 86.6 cm³/mol. The minimum Gasteiger partial charge on any atom is -0.481 e. The van der Waals surface area contributed by atoms with Crippen molar-refractivity contribution in [1.29, 1.82) is 0 Å². The molecule has 0 aromatic carbocycles. The monoisotopic (exact) mass is 355 g/mol. The summed E-state index contributed by atoms with van der Waals surface area (Å²) >= 11 is 0. The van der Waals surface area contributed by atoms with Gasteiger partial charge in [0.15, 0.2) is 5.78 Å². The van der Waals surface area contributed by atoms with Crippen LogP contribution in [0.1, 0.15) is 51.4 Å². The van der Waals surface area contributed by atoms with E-state index in [0.717, 1.165) is 0 Å². The second-order valence-electron chi connectivity index (χ2n) is 6.25. The van der Waals surface area contributed by atoms with E-state index in [4.69, 9.17) is 9.84 Å². The molecule has 2 N–H and O–H groups in total. The van der Waals surface area contributed by atoms with Crippen molar-refractivity contribution in [2.75, 3.05) is 13.7 Å². The number of carboxylic acid groups (broad SMARTS) is 1. The molecule has 0 aromatic heterocycles. The lowest BCUT2D eigenvalue weighted by atomic mass is 9.79. The Hall–Kier alpha value is -2.25. The average molecular weight is 355 g/mol. The Morgan fingerprint density at radius 2 is 1.52 bits per heavy atom. The summed E-state index contributed by atoms with van der Waals surface area (Å²) in [6, 6.07) is 0. The van der Waals surface area contributed by atoms with E-state index in [0.29, 0.717) is 25.7 Å². The lowest BCUT2D eigenvalue weighted by Crippen LogP contribution is -2.31. The summed E-state index contributed by atoms with van der Waals surface area (Å²) in [4.78, 5) is 57.0. The van der Waals surface area contributed by atoms with Crippen molar-refractivity contribution < 1.29 is 33.8 Å². The molecule has 0 aliphatic heterocycles. The highest BCUT2D eigenvalue weighted by Gasteiger charge is 2.30. The molecule has 25 heavy (non-hydrogen) atoms. The summed E-state index contributed by atoms with van der Waals surface area (Å²) in [5, 5.41) is 10.9. The number of carboxylic acids is 1. The molecule has 1 aliphatic carbocycles. The van der Waals surface area contributed by atoms with Crippen molar-refractivity contribution in [3.63, 3.8) is 0 Å². The third-order valence-corrected chi connectivity index (χ3v) is 4.42. The molecule has 1 aliphatic rings. The Bertz CT molecular complexity index is 521. The average Bonchev–Trinajstić information content (AvgIpc) is 2.62. The standard InChI is InChI=1S/C17H25NO7/c1-25-17(24)12-4-2-11(3-5-12)14(20)7-8-15(21)18-10-13(19)6-9-16(22)23/h11-12H,2-10H2,1H3,(H,18,21)(H,22,23). The Kier molecular flexibility index (Phi) is 8.80. The number of ether oxygens (including phenoxy) is 1. The lowest BCUT2D eigenvalue weighted by molar-refractivity contribution is -0.147. The fourth-order valence-corrected chi connectivity index (χ4v) is 2.88. The number of rotatable bonds is 10. The number of nitrogens with one attached hydrogen (secondary N) is 1. The maximum absolute atomic E-state index is 12.1. The van der Waals surface area contributed by atoms with Crippen LogP contribution in [-0.2, 0) is 28.7 Å². The van der Waals surface area contributed by atoms with Crippen LogP contribution in [0.5, 0.6) is 0 Å². The van der Waals surface area contributed by atoms with Gasteiger partial charge in [-0.25, -0.2) is 0 Å². The molecule has 1 rings (SSSR count). The highest BCUT2D eigenvalue weighted by Crippen LogP contribution is 2.30. The zero-order chi connectivity index (χ0) is 18.8. The first-order valence-corrected chi connectivity index (χ1v) is 8.44. The van der Waals surface area contributed by atoms with Crippen LogP contribution >= 0.6 is 0 Å². The van der Waals surface area contributed by atoms with E-state index in [1.54, 1.807) is 0 Å². The second-order valence-corrected chi connectivity index (χ2v) is 6.25. The van der Waals surface area contributed by atoms with Gasteiger partial charge in [0.05, 0.1) is 26.0 Å². The molecule has 0 aromatic rings. The van der Waals surface area contributed by atoms with Crippen molar-refractivity contribution in [1.82, 2.24) is 5.32 Å². The van der Waals surface area contributed by atoms with Crippen LogP contribution in [0.25, 0.3) is 0 Å². The van der Waals surface area contributed by atoms with E-state index in [1.807, 2.05) is 0 Å². The molecule has 1 fully saturated rings. The molecule has 0 saturated heterocycles. The second kappa shape index (κ2) is 10.6. The first kappa shape index (κ1) is 20.8. The number of methoxy groups -OCH3 is 1. The molecule has 0 unspecified atom stereocenters. The minimum absolute atomic E-state index is 0.00196. The number of aliphatic carboxylic acids is 1. The normalized spacial score (nSPS) is 19.7. The summed E-state index contributed by atoms with van der Waals surface area (Å²) in [5.74, 6) is -2.34. The van der Waals surface area contributed by atoms with Gasteiger partial charge in [-0.3, -0.25) is 24.0 Å². The van der Waals surface area contributed by atoms with Gasteiger partial charge >= 0.3 is 11.9 Å². The number of Topliss-reactive ketones (excluding diaryl/α,β-unsaturated/α-hetero) is 2. The molecule has 0 heterocycles. The van der Waals surface area contributed by atoms with Crippen LogP contribution in [0.2, 0.25) is 0 Å². The van der Waals surface area contributed by atoms with Gasteiger partial charge in [-0.05, 0) is 25.7 Å². The van der Waals surface area contributed by atoms with E-state index >= 15 is 0 Å². The highest BCUT2D eigenvalue weighted by molar-refractivity contribution is 5.90. The van der Waals surface area contributed by atoms with Crippen molar-refractivity contribution in [2.24, 2.45) is 11.8 Å². The largest absolute Gasteiger partial charge is 0.481 e. The van der Waals surface area contributed by atoms with Gasteiger partial charge in [-0.1, -0.05) is 0 Å². The fourth-order valence-electron chi connectivity index (χ4n) is 2.88. The van der Waals surface area contributed by atoms with Gasteiger partial charge in [-0.15, -0.1) is 0 Å². The minimum atomic E-state index is -1.06. The topological polar surface area (TPSA) is 127 Å². The smallest absolute Gasteiger partial charge is 0.308 e. The Morgan fingerprint density at radius 1 is 0.920 bits per heavy atom. The maximum Gasteiger partial charge on any atom is 0.308 e. The van der Waals surface area contributed by atoms with Crippen LogP contribution in [0.3, 0.4) is 0 Å². The maximum atomic E-state index is 12.1. The number of hydrogen-bond acceptors (Lipinski definition) is 6. The van der Waals surface area contributed by atoms with Gasteiger partial charge < -0.3 is 15.2 Å². The van der Waals surface area contributed by atoms with Crippen LogP contribution in [-0.4, -0.2) is 48.2 Å². The first-order chi connectivity index (χ1) is 11.8. The molecule has 8 nitrogen and oxygen atoms in total. The van der Waals surface area contributed by atoms with Crippen molar-refractivity contribution in [3.05, 3.63) is 0 Å². The molecular formula is C17H25NO7. The molecule has 0 atom stereocenters. The van der Waals surface area contributed by atoms with Gasteiger partial charge in [0.2, 0.25) is 5.91 Å². The van der Waals surface area contributed by atoms with E-state index < -0.39 is 11.9 Å². The summed E-state index contributed by atoms with van der Waals surface area (Å²) in [6.07, 6.45) is 2.19. The van der Waals surface area contributed by atoms with Crippen LogP contribution < -0.4 is 5.32 Å². The summed E-state index contributed by atoms with van der Waals surface area (Å²) in [6.45, 7) is -0.218. The summed E-state index contributed by atoms with van der Waals surface area (Å²) < 4.78 is 4.70. The van der Waals surface area contributed by atoms with Gasteiger partial charge in [0, 0.05) is 25.2 Å². The molecule has 0 bridgehead atoms. The summed E-state index contributed by atoms with van der Waals surface area (Å²) in [5.41, 5.74) is 0. The molecule has 1 amide bonds. The summed E-state index contributed by atoms with van der Waals surface area (Å²) in [7, 11) is 1.35. The van der Waals surface area contributed by atoms with E-state index in [2.05, 4.69) is 5.32 Å². The van der Waals surface area contributed by atoms with Gasteiger partial charge in [0.25, 0.3) is 0 Å². The van der Waals surface area contributed by atoms with Crippen LogP contribution in [0.15, 0.2) is 0 Å². The number of esters is 1. The zero-order valence-corrected chi connectivity index (χ0v) is 14.4. The van der Waals surface area contributed by atoms with E-state index in [1.165, 1.54) is 7.11 Å². The van der Waals surface area contributed by atoms with Crippen molar-refractivity contribution in [3.8, 4) is 0 Å². The predicted octanol–water partition coefficient (Wildman–Crippen LogP) is 0.865. The number of carbonyl (C=O) groups is 5. The molecular weight excluding hydrogens is 330 g/mol. The Morgan fingerprint density at radius 3 is 2.08 bits per heavy atom. The van der Waals surface area contributed by atoms with Crippen molar-refractivity contribution >= 4 is 29.4 Å².